The highest BCUT2D eigenvalue weighted by Gasteiger charge is 2.26. The average molecular weight is 263 g/mol. The Kier molecular flexibility index (Phi) is 4.32. The van der Waals surface area contributed by atoms with E-state index in [2.05, 4.69) is 36.8 Å². The molecule has 2 N–H and O–H groups in total. The third-order valence-corrected chi connectivity index (χ3v) is 4.07. The second-order valence-electron chi connectivity index (χ2n) is 5.67. The highest BCUT2D eigenvalue weighted by Crippen LogP contribution is 2.21. The van der Waals surface area contributed by atoms with Crippen molar-refractivity contribution >= 4 is 5.69 Å². The van der Waals surface area contributed by atoms with E-state index in [4.69, 9.17) is 10.5 Å². The lowest BCUT2D eigenvalue weighted by molar-refractivity contribution is 0.0556. The maximum Gasteiger partial charge on any atom is 0.121 e. The van der Waals surface area contributed by atoms with Gasteiger partial charge in [0, 0.05) is 43.5 Å². The van der Waals surface area contributed by atoms with Crippen molar-refractivity contribution in [3.05, 3.63) is 23.8 Å². The summed E-state index contributed by atoms with van der Waals surface area (Å²) in [5, 5.41) is 0. The van der Waals surface area contributed by atoms with E-state index in [1.165, 1.54) is 5.56 Å². The van der Waals surface area contributed by atoms with Crippen LogP contribution in [0.3, 0.4) is 0 Å². The number of methoxy groups -OCH3 is 1. The van der Waals surface area contributed by atoms with Gasteiger partial charge in [0.15, 0.2) is 0 Å². The standard InChI is InChI=1S/C15H25N3O/c1-11-8-18(9-12(2)17(11)3)10-13-5-14(16)7-15(6-13)19-4/h5-7,11-12H,8-10,16H2,1-4H3. The minimum Gasteiger partial charge on any atom is -0.497 e. The number of hydrogen-bond donors (Lipinski definition) is 1. The van der Waals surface area contributed by atoms with E-state index in [1.807, 2.05) is 12.1 Å². The van der Waals surface area contributed by atoms with Crippen molar-refractivity contribution < 1.29 is 4.74 Å². The number of nitrogens with zero attached hydrogens (tertiary/aromatic N) is 2. The molecule has 0 spiro atoms. The van der Waals surface area contributed by atoms with Crippen LogP contribution in [-0.4, -0.2) is 49.1 Å². The van der Waals surface area contributed by atoms with Crippen molar-refractivity contribution in [3.8, 4) is 5.75 Å². The number of nitrogen functional groups attached to an aromatic ring is 1. The summed E-state index contributed by atoms with van der Waals surface area (Å²) in [5.41, 5.74) is 7.90. The molecule has 106 valence electrons. The van der Waals surface area contributed by atoms with E-state index >= 15 is 0 Å². The normalized spacial score (nSPS) is 25.5. The number of piperazine rings is 1. The Morgan fingerprint density at radius 1 is 1.21 bits per heavy atom. The predicted octanol–water partition coefficient (Wildman–Crippen LogP) is 1.80. The average Bonchev–Trinajstić information content (AvgIpc) is 2.35. The first kappa shape index (κ1) is 14.2. The second kappa shape index (κ2) is 5.80. The lowest BCUT2D eigenvalue weighted by Crippen LogP contribution is -2.54. The molecule has 4 heteroatoms. The molecule has 1 fully saturated rings. The molecule has 1 aromatic rings. The third kappa shape index (κ3) is 3.39. The van der Waals surface area contributed by atoms with Crippen LogP contribution in [0.2, 0.25) is 0 Å². The predicted molar refractivity (Wildman–Crippen MR) is 79.4 cm³/mol. The number of rotatable bonds is 3. The largest absolute Gasteiger partial charge is 0.497 e. The number of ether oxygens (including phenoxy) is 1. The summed E-state index contributed by atoms with van der Waals surface area (Å²) in [7, 11) is 3.88. The zero-order valence-corrected chi connectivity index (χ0v) is 12.4. The van der Waals surface area contributed by atoms with Crippen LogP contribution in [0.15, 0.2) is 18.2 Å². The maximum absolute atomic E-state index is 5.91. The van der Waals surface area contributed by atoms with Crippen LogP contribution in [0.5, 0.6) is 5.75 Å². The van der Waals surface area contributed by atoms with Crippen LogP contribution in [0, 0.1) is 0 Å². The van der Waals surface area contributed by atoms with Crippen LogP contribution in [0.25, 0.3) is 0 Å². The molecular weight excluding hydrogens is 238 g/mol. The molecule has 2 atom stereocenters. The molecule has 19 heavy (non-hydrogen) atoms. The number of likely N-dealkylation sites (N-methyl/N-ethyl adjacent to an activating group) is 1. The van der Waals surface area contributed by atoms with E-state index in [1.54, 1.807) is 7.11 Å². The van der Waals surface area contributed by atoms with Gasteiger partial charge < -0.3 is 10.5 Å². The second-order valence-corrected chi connectivity index (χ2v) is 5.67. The number of anilines is 1. The smallest absolute Gasteiger partial charge is 0.121 e. The monoisotopic (exact) mass is 263 g/mol. The van der Waals surface area contributed by atoms with Gasteiger partial charge in [0.05, 0.1) is 7.11 Å². The van der Waals surface area contributed by atoms with Crippen LogP contribution in [0.1, 0.15) is 19.4 Å². The number of hydrogen-bond acceptors (Lipinski definition) is 4. The van der Waals surface area contributed by atoms with E-state index in [0.717, 1.165) is 31.1 Å². The summed E-state index contributed by atoms with van der Waals surface area (Å²) < 4.78 is 5.28. The number of benzene rings is 1. The number of nitrogens with two attached hydrogens (primary N) is 1. The molecule has 0 aromatic heterocycles. The van der Waals surface area contributed by atoms with Crippen molar-refractivity contribution in [1.82, 2.24) is 9.80 Å². The van der Waals surface area contributed by atoms with Crippen LogP contribution >= 0.6 is 0 Å². The zero-order chi connectivity index (χ0) is 14.0. The molecule has 0 amide bonds. The quantitative estimate of drug-likeness (QED) is 0.844. The molecule has 1 heterocycles. The molecule has 0 aliphatic carbocycles. The highest BCUT2D eigenvalue weighted by atomic mass is 16.5. The summed E-state index contributed by atoms with van der Waals surface area (Å²) in [6, 6.07) is 7.15. The zero-order valence-electron chi connectivity index (χ0n) is 12.4. The van der Waals surface area contributed by atoms with Gasteiger partial charge >= 0.3 is 0 Å². The summed E-state index contributed by atoms with van der Waals surface area (Å²) in [4.78, 5) is 4.93. The first-order valence-corrected chi connectivity index (χ1v) is 6.87. The lowest BCUT2D eigenvalue weighted by atomic mass is 10.1. The van der Waals surface area contributed by atoms with Gasteiger partial charge in [-0.15, -0.1) is 0 Å². The fraction of sp³-hybridized carbons (Fsp3) is 0.600. The SMILES string of the molecule is COc1cc(N)cc(CN2CC(C)N(C)C(C)C2)c1. The molecule has 1 saturated heterocycles. The van der Waals surface area contributed by atoms with Crippen molar-refractivity contribution in [3.63, 3.8) is 0 Å². The Hall–Kier alpha value is -1.26. The van der Waals surface area contributed by atoms with E-state index in [-0.39, 0.29) is 0 Å². The van der Waals surface area contributed by atoms with E-state index in [9.17, 15) is 0 Å². The highest BCUT2D eigenvalue weighted by molar-refractivity contribution is 5.47. The first-order chi connectivity index (χ1) is 8.99. The minimum absolute atomic E-state index is 0.590. The molecule has 1 aliphatic rings. The summed E-state index contributed by atoms with van der Waals surface area (Å²) in [5.74, 6) is 0.838. The van der Waals surface area contributed by atoms with Crippen LogP contribution in [0.4, 0.5) is 5.69 Å². The molecule has 2 unspecified atom stereocenters. The summed E-state index contributed by atoms with van der Waals surface area (Å²) in [6.45, 7) is 7.69. The van der Waals surface area contributed by atoms with Gasteiger partial charge in [-0.1, -0.05) is 0 Å². The summed E-state index contributed by atoms with van der Waals surface area (Å²) in [6.07, 6.45) is 0. The third-order valence-electron chi connectivity index (χ3n) is 4.07. The van der Waals surface area contributed by atoms with E-state index in [0.29, 0.717) is 12.1 Å². The molecule has 1 aliphatic heterocycles. The Morgan fingerprint density at radius 2 is 1.84 bits per heavy atom. The van der Waals surface area contributed by atoms with Crippen molar-refractivity contribution in [2.45, 2.75) is 32.5 Å². The maximum atomic E-state index is 5.91. The minimum atomic E-state index is 0.590. The fourth-order valence-electron chi connectivity index (χ4n) is 2.80. The molecular formula is C15H25N3O. The fourth-order valence-corrected chi connectivity index (χ4v) is 2.80. The Bertz CT molecular complexity index is 423. The van der Waals surface area contributed by atoms with E-state index < -0.39 is 0 Å². The van der Waals surface area contributed by atoms with Gasteiger partial charge in [-0.05, 0) is 38.6 Å². The van der Waals surface area contributed by atoms with Gasteiger partial charge in [-0.2, -0.15) is 0 Å². The van der Waals surface area contributed by atoms with Crippen molar-refractivity contribution in [1.29, 1.82) is 0 Å². The van der Waals surface area contributed by atoms with Gasteiger partial charge in [0.1, 0.15) is 5.75 Å². The Morgan fingerprint density at radius 3 is 2.42 bits per heavy atom. The van der Waals surface area contributed by atoms with Crippen molar-refractivity contribution in [2.24, 2.45) is 0 Å². The summed E-state index contributed by atoms with van der Waals surface area (Å²) >= 11 is 0. The molecule has 0 radical (unpaired) electrons. The van der Waals surface area contributed by atoms with Crippen LogP contribution < -0.4 is 10.5 Å². The van der Waals surface area contributed by atoms with Crippen molar-refractivity contribution in [2.75, 3.05) is 33.0 Å². The Labute approximate surface area is 116 Å². The van der Waals surface area contributed by atoms with Gasteiger partial charge in [-0.25, -0.2) is 0 Å². The Balaban J connectivity index is 2.07. The topological polar surface area (TPSA) is 41.7 Å². The van der Waals surface area contributed by atoms with Crippen LogP contribution in [-0.2, 0) is 6.54 Å². The molecule has 4 nitrogen and oxygen atoms in total. The molecule has 2 rings (SSSR count). The molecule has 1 aromatic carbocycles. The van der Waals surface area contributed by atoms with Gasteiger partial charge in [0.25, 0.3) is 0 Å². The van der Waals surface area contributed by atoms with Gasteiger partial charge in [-0.3, -0.25) is 9.80 Å². The first-order valence-electron chi connectivity index (χ1n) is 6.87. The van der Waals surface area contributed by atoms with Gasteiger partial charge in [0.2, 0.25) is 0 Å². The molecule has 0 bridgehead atoms. The lowest BCUT2D eigenvalue weighted by Gasteiger charge is -2.42. The molecule has 0 saturated carbocycles.